The van der Waals surface area contributed by atoms with E-state index in [9.17, 15) is 14.4 Å². The summed E-state index contributed by atoms with van der Waals surface area (Å²) in [7, 11) is 1.57. The number of rotatable bonds is 3. The van der Waals surface area contributed by atoms with Gasteiger partial charge in [0.15, 0.2) is 5.78 Å². The first-order valence-electron chi connectivity index (χ1n) is 16.7. The highest BCUT2D eigenvalue weighted by atomic mass is 16.5. The number of Topliss-reactive ketones (excluding diaryl/α,β-unsaturated/α-hetero) is 1. The zero-order chi connectivity index (χ0) is 29.8. The van der Waals surface area contributed by atoms with Crippen LogP contribution in [0.25, 0.3) is 0 Å². The fourth-order valence-corrected chi connectivity index (χ4v) is 11.9. The Balaban J connectivity index is 1.40. The molecule has 4 unspecified atom stereocenters. The fourth-order valence-electron chi connectivity index (χ4n) is 11.9. The van der Waals surface area contributed by atoms with Crippen molar-refractivity contribution in [3.8, 4) is 0 Å². The van der Waals surface area contributed by atoms with Gasteiger partial charge in [0.25, 0.3) is 0 Å². The first-order chi connectivity index (χ1) is 19.1. The van der Waals surface area contributed by atoms with Crippen LogP contribution in [-0.2, 0) is 19.1 Å². The highest BCUT2D eigenvalue weighted by Gasteiger charge is 2.70. The second kappa shape index (κ2) is 9.18. The molecule has 0 aliphatic heterocycles. The van der Waals surface area contributed by atoms with Crippen LogP contribution in [0, 0.1) is 56.2 Å². The second-order valence-electron chi connectivity index (χ2n) is 17.3. The Kier molecular flexibility index (Phi) is 6.59. The van der Waals surface area contributed by atoms with Crippen LogP contribution in [0.5, 0.6) is 0 Å². The molecule has 0 aromatic heterocycles. The summed E-state index contributed by atoms with van der Waals surface area (Å²) in [5, 5.41) is 3.24. The van der Waals surface area contributed by atoms with Gasteiger partial charge in [0, 0.05) is 11.5 Å². The molecule has 1 N–H and O–H groups in total. The number of amides is 1. The minimum Gasteiger partial charge on any atom is -0.469 e. The molecule has 5 nitrogen and oxygen atoms in total. The summed E-state index contributed by atoms with van der Waals surface area (Å²) < 4.78 is 5.52. The Bertz CT molecular complexity index is 1180. The van der Waals surface area contributed by atoms with Gasteiger partial charge in [-0.25, -0.2) is 0 Å². The molecular formula is C36H55NO4. The largest absolute Gasteiger partial charge is 0.469 e. The molecule has 6 aliphatic rings. The van der Waals surface area contributed by atoms with Crippen molar-refractivity contribution in [1.82, 2.24) is 5.32 Å². The first-order valence-corrected chi connectivity index (χ1v) is 16.7. The number of fused-ring (bicyclic) bond motifs is 7. The average molecular weight is 566 g/mol. The van der Waals surface area contributed by atoms with Crippen molar-refractivity contribution in [1.29, 1.82) is 0 Å². The van der Waals surface area contributed by atoms with Crippen molar-refractivity contribution in [3.05, 3.63) is 11.6 Å². The molecular weight excluding hydrogens is 510 g/mol. The minimum atomic E-state index is -0.551. The van der Waals surface area contributed by atoms with Crippen LogP contribution in [0.2, 0.25) is 0 Å². The van der Waals surface area contributed by atoms with E-state index in [2.05, 4.69) is 59.9 Å². The van der Waals surface area contributed by atoms with Crippen LogP contribution in [0.3, 0.4) is 0 Å². The lowest BCUT2D eigenvalue weighted by atomic mass is 9.33. The highest BCUT2D eigenvalue weighted by molar-refractivity contribution is 6.04. The van der Waals surface area contributed by atoms with E-state index < -0.39 is 16.7 Å². The van der Waals surface area contributed by atoms with Crippen molar-refractivity contribution in [2.45, 2.75) is 132 Å². The van der Waals surface area contributed by atoms with E-state index in [4.69, 9.17) is 4.74 Å². The Morgan fingerprint density at radius 1 is 0.878 bits per heavy atom. The smallest absolute Gasteiger partial charge is 0.312 e. The normalized spacial score (nSPS) is 46.4. The number of esters is 1. The lowest BCUT2D eigenvalue weighted by Crippen LogP contribution is -2.66. The van der Waals surface area contributed by atoms with Gasteiger partial charge >= 0.3 is 5.97 Å². The Labute approximate surface area is 248 Å². The molecule has 0 spiro atoms. The maximum Gasteiger partial charge on any atom is 0.312 e. The van der Waals surface area contributed by atoms with Crippen LogP contribution in [0.4, 0.5) is 0 Å². The fraction of sp³-hybridized carbons (Fsp3) is 0.861. The van der Waals surface area contributed by atoms with Crippen LogP contribution >= 0.6 is 0 Å². The van der Waals surface area contributed by atoms with Crippen molar-refractivity contribution in [2.75, 3.05) is 7.11 Å². The quantitative estimate of drug-likeness (QED) is 0.219. The molecule has 5 saturated carbocycles. The molecule has 0 bridgehead atoms. The molecule has 0 aromatic rings. The molecule has 41 heavy (non-hydrogen) atoms. The molecule has 8 atom stereocenters. The molecule has 228 valence electrons. The topological polar surface area (TPSA) is 72.5 Å². The Hall–Kier alpha value is -1.65. The van der Waals surface area contributed by atoms with Crippen molar-refractivity contribution in [2.24, 2.45) is 56.2 Å². The van der Waals surface area contributed by atoms with E-state index in [1.807, 2.05) is 0 Å². The molecule has 1 amide bonds. The molecule has 6 aliphatic carbocycles. The summed E-state index contributed by atoms with van der Waals surface area (Å²) in [5.41, 5.74) is 0.766. The molecule has 5 fully saturated rings. The summed E-state index contributed by atoms with van der Waals surface area (Å²) in [6.45, 7) is 16.5. The van der Waals surface area contributed by atoms with Gasteiger partial charge in [-0.05, 0) is 116 Å². The summed E-state index contributed by atoms with van der Waals surface area (Å²) in [6, 6.07) is 0.247. The van der Waals surface area contributed by atoms with Gasteiger partial charge in [-0.3, -0.25) is 14.4 Å². The molecule has 0 radical (unpaired) electrons. The van der Waals surface area contributed by atoms with E-state index in [-0.39, 0.29) is 57.2 Å². The van der Waals surface area contributed by atoms with Gasteiger partial charge < -0.3 is 10.1 Å². The number of carbonyl (C=O) groups excluding carboxylic acids is 3. The third-order valence-corrected chi connectivity index (χ3v) is 14.7. The maximum atomic E-state index is 13.9. The van der Waals surface area contributed by atoms with E-state index in [1.165, 1.54) is 5.57 Å². The zero-order valence-electron chi connectivity index (χ0n) is 27.1. The predicted molar refractivity (Wildman–Crippen MR) is 161 cm³/mol. The summed E-state index contributed by atoms with van der Waals surface area (Å²) in [6.07, 6.45) is 14.5. The van der Waals surface area contributed by atoms with Gasteiger partial charge in [0.2, 0.25) is 5.91 Å². The highest BCUT2D eigenvalue weighted by Crippen LogP contribution is 2.75. The SMILES string of the molecule is COC(=O)[C@]12CCC(C)(C)CC1C1=CCC3[C@@]4(C)CC(C(=O)NC5CCC5)C(=O)C(C)(C)C4CC[C@@]3(C)[C@]1(C)CC2. The second-order valence-corrected chi connectivity index (χ2v) is 17.3. The van der Waals surface area contributed by atoms with E-state index in [1.54, 1.807) is 7.11 Å². The van der Waals surface area contributed by atoms with Gasteiger partial charge in [-0.1, -0.05) is 60.1 Å². The Morgan fingerprint density at radius 2 is 1.56 bits per heavy atom. The molecule has 0 heterocycles. The number of hydrogen-bond acceptors (Lipinski definition) is 4. The number of carbonyl (C=O) groups is 3. The van der Waals surface area contributed by atoms with Crippen LogP contribution in [0.15, 0.2) is 11.6 Å². The lowest BCUT2D eigenvalue weighted by molar-refractivity contribution is -0.196. The number of ether oxygens (including phenoxy) is 1. The standard InChI is InChI=1S/C36H55NO4/c1-31(2)16-18-36(30(40)41-8)19-17-34(6)24(25(36)21-31)12-13-27-33(5)20-23(29(39)37-22-10-9-11-22)28(38)32(3,4)26(33)14-15-35(27,34)7/h12,22-23,25-27H,9-11,13-21H2,1-8H3,(H,37,39)/t23?,25?,26?,27?,33-,34+,35+,36-/m0/s1. The van der Waals surface area contributed by atoms with Gasteiger partial charge in [0.1, 0.15) is 0 Å². The Morgan fingerprint density at radius 3 is 2.20 bits per heavy atom. The molecule has 6 rings (SSSR count). The van der Waals surface area contributed by atoms with Crippen LogP contribution in [0.1, 0.15) is 126 Å². The minimum absolute atomic E-state index is 0.00300. The van der Waals surface area contributed by atoms with Crippen molar-refractivity contribution in [3.63, 3.8) is 0 Å². The third-order valence-electron chi connectivity index (χ3n) is 14.7. The summed E-state index contributed by atoms with van der Waals surface area (Å²) in [4.78, 5) is 41.0. The number of nitrogens with one attached hydrogen (secondary N) is 1. The van der Waals surface area contributed by atoms with E-state index >= 15 is 0 Å². The predicted octanol–water partition coefficient (Wildman–Crippen LogP) is 7.43. The van der Waals surface area contributed by atoms with Crippen molar-refractivity contribution < 1.29 is 19.1 Å². The van der Waals surface area contributed by atoms with Gasteiger partial charge in [-0.2, -0.15) is 0 Å². The number of hydrogen-bond donors (Lipinski definition) is 1. The van der Waals surface area contributed by atoms with Crippen LogP contribution < -0.4 is 5.32 Å². The first kappa shape index (κ1) is 29.4. The van der Waals surface area contributed by atoms with Gasteiger partial charge in [0.05, 0.1) is 18.4 Å². The molecule has 5 heteroatoms. The number of allylic oxidation sites excluding steroid dienone is 2. The summed E-state index contributed by atoms with van der Waals surface area (Å²) in [5.74, 6) is 0.480. The third kappa shape index (κ3) is 3.88. The monoisotopic (exact) mass is 565 g/mol. The number of ketones is 1. The van der Waals surface area contributed by atoms with E-state index in [0.717, 1.165) is 70.6 Å². The molecule has 0 aromatic carbocycles. The number of methoxy groups -OCH3 is 1. The maximum absolute atomic E-state index is 13.9. The summed E-state index contributed by atoms with van der Waals surface area (Å²) >= 11 is 0. The van der Waals surface area contributed by atoms with E-state index in [0.29, 0.717) is 12.3 Å². The molecule has 0 saturated heterocycles. The van der Waals surface area contributed by atoms with Crippen LogP contribution in [-0.4, -0.2) is 30.8 Å². The lowest BCUT2D eigenvalue weighted by Gasteiger charge is -2.71. The average Bonchev–Trinajstić information content (AvgIpc) is 2.88. The zero-order valence-corrected chi connectivity index (χ0v) is 27.1. The van der Waals surface area contributed by atoms with Gasteiger partial charge in [-0.15, -0.1) is 0 Å². The van der Waals surface area contributed by atoms with Crippen molar-refractivity contribution >= 4 is 17.7 Å².